The lowest BCUT2D eigenvalue weighted by Gasteiger charge is -2.38. The molecular weight excluding hydrogens is 514 g/mol. The normalized spacial score (nSPS) is 20.5. The van der Waals surface area contributed by atoms with Gasteiger partial charge in [-0.15, -0.1) is 11.3 Å². The van der Waals surface area contributed by atoms with Gasteiger partial charge in [0.2, 0.25) is 5.91 Å². The van der Waals surface area contributed by atoms with Crippen LogP contribution in [0.1, 0.15) is 42.4 Å². The van der Waals surface area contributed by atoms with Crippen molar-refractivity contribution in [2.24, 2.45) is 0 Å². The smallest absolute Gasteiger partial charge is 0.252 e. The van der Waals surface area contributed by atoms with E-state index in [0.717, 1.165) is 57.3 Å². The van der Waals surface area contributed by atoms with Crippen LogP contribution in [0.4, 0.5) is 0 Å². The Morgan fingerprint density at radius 2 is 1.79 bits per heavy atom. The summed E-state index contributed by atoms with van der Waals surface area (Å²) >= 11 is 1.27. The van der Waals surface area contributed by atoms with E-state index in [1.54, 1.807) is 23.5 Å². The fraction of sp³-hybridized carbons (Fsp3) is 0.433. The van der Waals surface area contributed by atoms with Crippen molar-refractivity contribution in [3.05, 3.63) is 88.8 Å². The summed E-state index contributed by atoms with van der Waals surface area (Å²) in [5.41, 5.74) is 3.48. The molecule has 2 aliphatic rings. The number of benzene rings is 2. The summed E-state index contributed by atoms with van der Waals surface area (Å²) in [6.07, 6.45) is 5.17. The number of carbonyl (C=O) groups excluding carboxylic acids is 1. The lowest BCUT2D eigenvalue weighted by molar-refractivity contribution is -0.121. The second-order valence-electron chi connectivity index (χ2n) is 10.7. The van der Waals surface area contributed by atoms with Gasteiger partial charge < -0.3 is 10.2 Å². The van der Waals surface area contributed by atoms with E-state index in [9.17, 15) is 13.2 Å². The molecule has 1 aliphatic carbocycles. The van der Waals surface area contributed by atoms with Crippen molar-refractivity contribution in [1.29, 1.82) is 0 Å². The number of likely N-dealkylation sites (tertiary alicyclic amines) is 1. The van der Waals surface area contributed by atoms with Gasteiger partial charge in [-0.25, -0.2) is 8.42 Å². The van der Waals surface area contributed by atoms with Crippen LogP contribution in [0, 0.1) is 0 Å². The highest BCUT2D eigenvalue weighted by molar-refractivity contribution is 7.91. The van der Waals surface area contributed by atoms with Gasteiger partial charge in [0.15, 0.2) is 0 Å². The molecule has 0 bridgehead atoms. The highest BCUT2D eigenvalue weighted by atomic mass is 32.2. The number of rotatable bonds is 10. The molecule has 1 aliphatic heterocycles. The summed E-state index contributed by atoms with van der Waals surface area (Å²) in [5, 5.41) is 5.04. The van der Waals surface area contributed by atoms with Gasteiger partial charge in [-0.3, -0.25) is 4.79 Å². The minimum absolute atomic E-state index is 0.0890. The molecule has 202 valence electrons. The number of thiophene rings is 1. The van der Waals surface area contributed by atoms with Crippen LogP contribution in [0.5, 0.6) is 0 Å². The SMILES string of the molecule is CN(CC1(CCN2CCC(NC(=O)Cc3ccccc3)CC2)CCc2ccccc21)S(=O)(=O)c1cccs1. The van der Waals surface area contributed by atoms with Crippen molar-refractivity contribution in [2.45, 2.75) is 54.2 Å². The monoisotopic (exact) mass is 551 g/mol. The van der Waals surface area contributed by atoms with Gasteiger partial charge in [-0.05, 0) is 66.8 Å². The van der Waals surface area contributed by atoms with Crippen molar-refractivity contribution in [3.63, 3.8) is 0 Å². The molecule has 6 nitrogen and oxygen atoms in total. The molecule has 1 aromatic heterocycles. The van der Waals surface area contributed by atoms with E-state index in [1.807, 2.05) is 35.7 Å². The molecule has 0 saturated carbocycles. The molecule has 2 aromatic carbocycles. The molecular formula is C30H37N3O3S2. The minimum Gasteiger partial charge on any atom is -0.353 e. The van der Waals surface area contributed by atoms with Gasteiger partial charge >= 0.3 is 0 Å². The molecule has 0 radical (unpaired) electrons. The Morgan fingerprint density at radius 1 is 1.05 bits per heavy atom. The van der Waals surface area contributed by atoms with E-state index >= 15 is 0 Å². The number of aryl methyl sites for hydroxylation is 1. The van der Waals surface area contributed by atoms with E-state index in [-0.39, 0.29) is 17.4 Å². The predicted molar refractivity (Wildman–Crippen MR) is 153 cm³/mol. The molecule has 5 rings (SSSR count). The van der Waals surface area contributed by atoms with Crippen molar-refractivity contribution < 1.29 is 13.2 Å². The Labute approximate surface area is 230 Å². The molecule has 38 heavy (non-hydrogen) atoms. The maximum atomic E-state index is 13.3. The summed E-state index contributed by atoms with van der Waals surface area (Å²) < 4.78 is 28.5. The third kappa shape index (κ3) is 6.04. The van der Waals surface area contributed by atoms with Crippen molar-refractivity contribution >= 4 is 27.3 Å². The lowest BCUT2D eigenvalue weighted by Crippen LogP contribution is -2.47. The second kappa shape index (κ2) is 11.7. The number of fused-ring (bicyclic) bond motifs is 1. The summed E-state index contributed by atoms with van der Waals surface area (Å²) in [6, 6.07) is 22.1. The van der Waals surface area contributed by atoms with E-state index < -0.39 is 10.0 Å². The fourth-order valence-electron chi connectivity index (χ4n) is 6.08. The zero-order chi connectivity index (χ0) is 26.6. The first-order chi connectivity index (χ1) is 18.4. The maximum Gasteiger partial charge on any atom is 0.252 e. The first-order valence-corrected chi connectivity index (χ1v) is 15.8. The Bertz CT molecular complexity index is 1320. The summed E-state index contributed by atoms with van der Waals surface area (Å²) in [4.78, 5) is 15.0. The summed E-state index contributed by atoms with van der Waals surface area (Å²) in [5.74, 6) is 0.0890. The topological polar surface area (TPSA) is 69.7 Å². The third-order valence-corrected chi connectivity index (χ3v) is 11.4. The minimum atomic E-state index is -3.51. The van der Waals surface area contributed by atoms with Gasteiger partial charge in [0.1, 0.15) is 4.21 Å². The van der Waals surface area contributed by atoms with Crippen LogP contribution in [0.3, 0.4) is 0 Å². The fourth-order valence-corrected chi connectivity index (χ4v) is 8.53. The van der Waals surface area contributed by atoms with Crippen LogP contribution in [0.15, 0.2) is 76.3 Å². The first-order valence-electron chi connectivity index (χ1n) is 13.5. The second-order valence-corrected chi connectivity index (χ2v) is 13.9. The summed E-state index contributed by atoms with van der Waals surface area (Å²) in [6.45, 7) is 3.29. The molecule has 1 N–H and O–H groups in total. The van der Waals surface area contributed by atoms with E-state index in [4.69, 9.17) is 0 Å². The highest BCUT2D eigenvalue weighted by Crippen LogP contribution is 2.43. The average molecular weight is 552 g/mol. The zero-order valence-corrected chi connectivity index (χ0v) is 23.6. The van der Waals surface area contributed by atoms with Crippen LogP contribution in [-0.4, -0.2) is 62.8 Å². The molecule has 1 saturated heterocycles. The van der Waals surface area contributed by atoms with Crippen LogP contribution in [0.2, 0.25) is 0 Å². The number of hydrogen-bond acceptors (Lipinski definition) is 5. The molecule has 1 atom stereocenters. The molecule has 1 unspecified atom stereocenters. The molecule has 1 amide bonds. The van der Waals surface area contributed by atoms with Crippen LogP contribution in [-0.2, 0) is 33.1 Å². The van der Waals surface area contributed by atoms with E-state index in [2.05, 4.69) is 34.5 Å². The van der Waals surface area contributed by atoms with Crippen LogP contribution >= 0.6 is 11.3 Å². The largest absolute Gasteiger partial charge is 0.353 e. The Morgan fingerprint density at radius 3 is 2.53 bits per heavy atom. The Kier molecular flexibility index (Phi) is 8.33. The molecule has 1 fully saturated rings. The van der Waals surface area contributed by atoms with E-state index in [0.29, 0.717) is 17.2 Å². The Hall–Kier alpha value is -2.52. The van der Waals surface area contributed by atoms with Crippen molar-refractivity contribution in [3.8, 4) is 0 Å². The predicted octanol–water partition coefficient (Wildman–Crippen LogP) is 4.47. The zero-order valence-electron chi connectivity index (χ0n) is 22.0. The third-order valence-electron chi connectivity index (χ3n) is 8.21. The average Bonchev–Trinajstić information content (AvgIpc) is 3.59. The number of nitrogens with zero attached hydrogens (tertiary/aromatic N) is 2. The van der Waals surface area contributed by atoms with Gasteiger partial charge in [-0.1, -0.05) is 60.7 Å². The van der Waals surface area contributed by atoms with Crippen molar-refractivity contribution in [1.82, 2.24) is 14.5 Å². The number of sulfonamides is 1. The molecule has 0 spiro atoms. The number of carbonyl (C=O) groups is 1. The number of piperidine rings is 1. The van der Waals surface area contributed by atoms with Gasteiger partial charge in [0.25, 0.3) is 10.0 Å². The van der Waals surface area contributed by atoms with Crippen molar-refractivity contribution in [2.75, 3.05) is 33.2 Å². The number of amides is 1. The Balaban J connectivity index is 1.20. The quantitative estimate of drug-likeness (QED) is 0.404. The van der Waals surface area contributed by atoms with Gasteiger partial charge in [-0.2, -0.15) is 4.31 Å². The number of likely N-dealkylation sites (N-methyl/N-ethyl adjacent to an activating group) is 1. The maximum absolute atomic E-state index is 13.3. The first kappa shape index (κ1) is 27.1. The van der Waals surface area contributed by atoms with Crippen LogP contribution < -0.4 is 5.32 Å². The van der Waals surface area contributed by atoms with Crippen LogP contribution in [0.25, 0.3) is 0 Å². The molecule has 3 aromatic rings. The molecule has 2 heterocycles. The van der Waals surface area contributed by atoms with Gasteiger partial charge in [0.05, 0.1) is 6.42 Å². The molecule has 8 heteroatoms. The lowest BCUT2D eigenvalue weighted by atomic mass is 9.78. The van der Waals surface area contributed by atoms with Gasteiger partial charge in [0, 0.05) is 38.1 Å². The summed E-state index contributed by atoms with van der Waals surface area (Å²) in [7, 11) is -1.79. The van der Waals surface area contributed by atoms with E-state index in [1.165, 1.54) is 22.5 Å². The number of hydrogen-bond donors (Lipinski definition) is 1. The number of nitrogens with one attached hydrogen (secondary N) is 1. The standard InChI is InChI=1S/C30H37N3O3S2/c1-32(38(35,36)29-12-7-21-37-29)23-30(16-13-25-10-5-6-11-27(25)30)17-20-33-18-14-26(15-19-33)31-28(34)22-24-8-3-2-4-9-24/h2-12,21,26H,13-20,22-23H2,1H3,(H,31,34). The highest BCUT2D eigenvalue weighted by Gasteiger charge is 2.42.